The molecule has 0 bridgehead atoms. The summed E-state index contributed by atoms with van der Waals surface area (Å²) in [5.74, 6) is -1.09. The summed E-state index contributed by atoms with van der Waals surface area (Å²) in [4.78, 5) is 32.6. The third-order valence-electron chi connectivity index (χ3n) is 4.30. The van der Waals surface area contributed by atoms with E-state index in [0.717, 1.165) is 11.6 Å². The molecule has 1 N–H and O–H groups in total. The molecule has 0 aliphatic rings. The molecule has 0 aromatic carbocycles. The van der Waals surface area contributed by atoms with Crippen LogP contribution in [0.4, 0.5) is 13.2 Å². The number of methoxy groups -OCH3 is 1. The first kappa shape index (κ1) is 26.0. The van der Waals surface area contributed by atoms with E-state index in [2.05, 4.69) is 20.0 Å². The highest BCUT2D eigenvalue weighted by atomic mass is 19.4. The van der Waals surface area contributed by atoms with Crippen molar-refractivity contribution in [1.29, 1.82) is 0 Å². The van der Waals surface area contributed by atoms with Gasteiger partial charge in [-0.3, -0.25) is 14.6 Å². The van der Waals surface area contributed by atoms with Gasteiger partial charge in [0.25, 0.3) is 5.91 Å². The van der Waals surface area contributed by atoms with E-state index in [1.165, 1.54) is 20.1 Å². The molecule has 0 saturated heterocycles. The largest absolute Gasteiger partial charge is 0.475 e. The standard InChI is InChI=1S/C22H26F3N3O5/c1-13-9-16(11-17(26-13)10-14(2)29)15(3)27-20(30)18-5-6-19(33-12-22(23,24)25)28-21(18)32-8-7-31-4/h5-6,9,11,15H,7-8,10,12H2,1-4H3,(H,27,30). The Morgan fingerprint density at radius 1 is 1.12 bits per heavy atom. The zero-order chi connectivity index (χ0) is 24.6. The molecule has 0 aliphatic carbocycles. The normalized spacial score (nSPS) is 12.2. The van der Waals surface area contributed by atoms with E-state index in [4.69, 9.17) is 9.47 Å². The number of rotatable bonds is 11. The molecule has 1 atom stereocenters. The first-order chi connectivity index (χ1) is 15.5. The maximum atomic E-state index is 12.9. The lowest BCUT2D eigenvalue weighted by Crippen LogP contribution is -2.28. The molecule has 2 rings (SSSR count). The minimum atomic E-state index is -4.53. The van der Waals surface area contributed by atoms with Gasteiger partial charge in [0.15, 0.2) is 6.61 Å². The average molecular weight is 469 g/mol. The van der Waals surface area contributed by atoms with Crippen molar-refractivity contribution in [3.63, 3.8) is 0 Å². The number of nitrogens with one attached hydrogen (secondary N) is 1. The monoisotopic (exact) mass is 469 g/mol. The van der Waals surface area contributed by atoms with Gasteiger partial charge in [-0.1, -0.05) is 0 Å². The summed E-state index contributed by atoms with van der Waals surface area (Å²) in [6, 6.07) is 5.51. The molecule has 0 fully saturated rings. The Bertz CT molecular complexity index is 982. The van der Waals surface area contributed by atoms with Crippen LogP contribution < -0.4 is 14.8 Å². The summed E-state index contributed by atoms with van der Waals surface area (Å²) in [5, 5.41) is 2.80. The maximum Gasteiger partial charge on any atom is 0.422 e. The van der Waals surface area contributed by atoms with Crippen LogP contribution in [0.25, 0.3) is 0 Å². The average Bonchev–Trinajstić information content (AvgIpc) is 2.71. The van der Waals surface area contributed by atoms with Gasteiger partial charge in [-0.2, -0.15) is 18.2 Å². The molecule has 0 saturated carbocycles. The molecule has 0 aliphatic heterocycles. The van der Waals surface area contributed by atoms with Crippen molar-refractivity contribution < 1.29 is 37.0 Å². The zero-order valence-corrected chi connectivity index (χ0v) is 18.8. The number of hydrogen-bond donors (Lipinski definition) is 1. The van der Waals surface area contributed by atoms with Crippen LogP contribution in [0.2, 0.25) is 0 Å². The summed E-state index contributed by atoms with van der Waals surface area (Å²) in [7, 11) is 1.45. The van der Waals surface area contributed by atoms with Crippen molar-refractivity contribution in [1.82, 2.24) is 15.3 Å². The van der Waals surface area contributed by atoms with Crippen LogP contribution in [0.3, 0.4) is 0 Å². The van der Waals surface area contributed by atoms with Crippen LogP contribution in [-0.4, -0.2) is 54.8 Å². The SMILES string of the molecule is COCCOc1nc(OCC(F)(F)F)ccc1C(=O)NC(C)c1cc(C)nc(CC(C)=O)c1. The Balaban J connectivity index is 2.22. The first-order valence-corrected chi connectivity index (χ1v) is 10.1. The van der Waals surface area contributed by atoms with Gasteiger partial charge in [0, 0.05) is 31.0 Å². The molecular formula is C22H26F3N3O5. The van der Waals surface area contributed by atoms with Crippen molar-refractivity contribution in [2.75, 3.05) is 26.9 Å². The van der Waals surface area contributed by atoms with E-state index < -0.39 is 24.7 Å². The predicted molar refractivity (Wildman–Crippen MR) is 112 cm³/mol. The lowest BCUT2D eigenvalue weighted by atomic mass is 10.0. The Morgan fingerprint density at radius 3 is 2.48 bits per heavy atom. The molecule has 0 spiro atoms. The predicted octanol–water partition coefficient (Wildman–Crippen LogP) is 3.37. The molecule has 1 unspecified atom stereocenters. The van der Waals surface area contributed by atoms with E-state index in [1.807, 2.05) is 0 Å². The third kappa shape index (κ3) is 8.68. The zero-order valence-electron chi connectivity index (χ0n) is 18.8. The molecule has 2 aromatic rings. The third-order valence-corrected chi connectivity index (χ3v) is 4.30. The fourth-order valence-electron chi connectivity index (χ4n) is 2.88. The van der Waals surface area contributed by atoms with Gasteiger partial charge in [-0.15, -0.1) is 0 Å². The topological polar surface area (TPSA) is 99.6 Å². The summed E-state index contributed by atoms with van der Waals surface area (Å²) in [5.41, 5.74) is 2.05. The summed E-state index contributed by atoms with van der Waals surface area (Å²) in [6.45, 7) is 3.69. The number of aryl methyl sites for hydroxylation is 1. The van der Waals surface area contributed by atoms with Crippen molar-refractivity contribution in [2.24, 2.45) is 0 Å². The second kappa shape index (κ2) is 11.6. The number of Topliss-reactive ketones (excluding diaryl/α,β-unsaturated/α-hetero) is 1. The number of pyridine rings is 2. The maximum absolute atomic E-state index is 12.9. The van der Waals surface area contributed by atoms with Crippen molar-refractivity contribution in [3.05, 3.63) is 46.8 Å². The molecule has 33 heavy (non-hydrogen) atoms. The molecule has 2 heterocycles. The van der Waals surface area contributed by atoms with Crippen LogP contribution in [0.1, 0.15) is 47.2 Å². The van der Waals surface area contributed by atoms with Crippen LogP contribution in [0, 0.1) is 6.92 Å². The number of carbonyl (C=O) groups excluding carboxylic acids is 2. The highest BCUT2D eigenvalue weighted by Crippen LogP contribution is 2.24. The Morgan fingerprint density at radius 2 is 1.85 bits per heavy atom. The van der Waals surface area contributed by atoms with Crippen molar-refractivity contribution >= 4 is 11.7 Å². The van der Waals surface area contributed by atoms with Gasteiger partial charge in [-0.05, 0) is 44.5 Å². The number of alkyl halides is 3. The van der Waals surface area contributed by atoms with Gasteiger partial charge >= 0.3 is 6.18 Å². The van der Waals surface area contributed by atoms with E-state index in [9.17, 15) is 22.8 Å². The minimum absolute atomic E-state index is 0.0204. The molecule has 1 amide bonds. The smallest absolute Gasteiger partial charge is 0.422 e. The number of amides is 1. The molecule has 0 radical (unpaired) electrons. The Labute approximate surface area is 189 Å². The van der Waals surface area contributed by atoms with Gasteiger partial charge in [0.1, 0.15) is 18.0 Å². The molecule has 180 valence electrons. The number of ketones is 1. The number of hydrogen-bond acceptors (Lipinski definition) is 7. The van der Waals surface area contributed by atoms with Gasteiger partial charge in [0.2, 0.25) is 11.8 Å². The van der Waals surface area contributed by atoms with Crippen LogP contribution in [0.5, 0.6) is 11.8 Å². The van der Waals surface area contributed by atoms with Crippen molar-refractivity contribution in [3.8, 4) is 11.8 Å². The summed E-state index contributed by atoms with van der Waals surface area (Å²) in [6.07, 6.45) is -4.36. The molecule has 11 heteroatoms. The number of halogens is 3. The van der Waals surface area contributed by atoms with Crippen LogP contribution >= 0.6 is 0 Å². The lowest BCUT2D eigenvalue weighted by Gasteiger charge is -2.18. The van der Waals surface area contributed by atoms with E-state index in [0.29, 0.717) is 11.4 Å². The number of ether oxygens (including phenoxy) is 3. The number of nitrogens with zero attached hydrogens (tertiary/aromatic N) is 2. The van der Waals surface area contributed by atoms with Crippen molar-refractivity contribution in [2.45, 2.75) is 39.4 Å². The lowest BCUT2D eigenvalue weighted by molar-refractivity contribution is -0.154. The highest BCUT2D eigenvalue weighted by molar-refractivity contribution is 5.96. The van der Waals surface area contributed by atoms with Crippen LogP contribution in [0.15, 0.2) is 24.3 Å². The fourth-order valence-corrected chi connectivity index (χ4v) is 2.88. The van der Waals surface area contributed by atoms with E-state index in [-0.39, 0.29) is 42.7 Å². The minimum Gasteiger partial charge on any atom is -0.475 e. The summed E-state index contributed by atoms with van der Waals surface area (Å²) >= 11 is 0. The van der Waals surface area contributed by atoms with Gasteiger partial charge in [-0.25, -0.2) is 0 Å². The number of carbonyl (C=O) groups is 2. The fraction of sp³-hybridized carbons (Fsp3) is 0.455. The Kier molecular flexibility index (Phi) is 9.15. The number of aromatic nitrogens is 2. The molecule has 8 nitrogen and oxygen atoms in total. The first-order valence-electron chi connectivity index (χ1n) is 10.1. The van der Waals surface area contributed by atoms with Gasteiger partial charge in [0.05, 0.1) is 12.6 Å². The molecular weight excluding hydrogens is 443 g/mol. The van der Waals surface area contributed by atoms with E-state index >= 15 is 0 Å². The van der Waals surface area contributed by atoms with Crippen LogP contribution in [-0.2, 0) is 16.0 Å². The Hall–Kier alpha value is -3.21. The highest BCUT2D eigenvalue weighted by Gasteiger charge is 2.29. The summed E-state index contributed by atoms with van der Waals surface area (Å²) < 4.78 is 52.3. The quantitative estimate of drug-likeness (QED) is 0.504. The second-order valence-electron chi connectivity index (χ2n) is 7.35. The van der Waals surface area contributed by atoms with Gasteiger partial charge < -0.3 is 19.5 Å². The van der Waals surface area contributed by atoms with E-state index in [1.54, 1.807) is 26.0 Å². The second-order valence-corrected chi connectivity index (χ2v) is 7.35. The molecule has 2 aromatic heterocycles.